The molecule has 0 aliphatic rings. The topological polar surface area (TPSA) is 77.9 Å². The summed E-state index contributed by atoms with van der Waals surface area (Å²) in [7, 11) is 0. The van der Waals surface area contributed by atoms with E-state index >= 15 is 0 Å². The molecule has 0 radical (unpaired) electrons. The first kappa shape index (κ1) is 26.2. The molecule has 6 heteroatoms. The molecule has 0 saturated carbocycles. The van der Waals surface area contributed by atoms with Gasteiger partial charge in [0, 0.05) is 23.7 Å². The molecule has 186 valence electrons. The normalized spacial score (nSPS) is 11.3. The summed E-state index contributed by atoms with van der Waals surface area (Å²) < 4.78 is 16.9. The van der Waals surface area contributed by atoms with Gasteiger partial charge in [-0.25, -0.2) is 9.78 Å². The van der Waals surface area contributed by atoms with E-state index in [0.29, 0.717) is 43.4 Å². The van der Waals surface area contributed by atoms with E-state index in [0.717, 1.165) is 33.4 Å². The number of pyridine rings is 1. The van der Waals surface area contributed by atoms with Crippen LogP contribution in [0.5, 0.6) is 11.6 Å². The van der Waals surface area contributed by atoms with Crippen LogP contribution in [0, 0.1) is 20.8 Å². The summed E-state index contributed by atoms with van der Waals surface area (Å²) in [4.78, 5) is 16.4. The van der Waals surface area contributed by atoms with Gasteiger partial charge in [-0.05, 0) is 88.1 Å². The van der Waals surface area contributed by atoms with E-state index in [9.17, 15) is 9.90 Å². The molecule has 0 aliphatic carbocycles. The summed E-state index contributed by atoms with van der Waals surface area (Å²) >= 11 is 0. The maximum absolute atomic E-state index is 11.8. The van der Waals surface area contributed by atoms with Gasteiger partial charge in [-0.3, -0.25) is 0 Å². The molecule has 0 spiro atoms. The van der Waals surface area contributed by atoms with Crippen molar-refractivity contribution < 1.29 is 24.1 Å². The zero-order valence-electron chi connectivity index (χ0n) is 21.5. The van der Waals surface area contributed by atoms with Crippen molar-refractivity contribution in [1.29, 1.82) is 0 Å². The first-order chi connectivity index (χ1) is 16.6. The molecule has 0 fully saturated rings. The van der Waals surface area contributed by atoms with Crippen molar-refractivity contribution in [2.45, 2.75) is 60.2 Å². The lowest BCUT2D eigenvalue weighted by Crippen LogP contribution is -2.22. The van der Waals surface area contributed by atoms with Gasteiger partial charge in [0.05, 0.1) is 24.4 Å². The van der Waals surface area contributed by atoms with Crippen LogP contribution in [0.1, 0.15) is 59.8 Å². The predicted octanol–water partition coefficient (Wildman–Crippen LogP) is 5.97. The van der Waals surface area contributed by atoms with Crippen LogP contribution in [0.4, 0.5) is 0 Å². The second-order valence-corrected chi connectivity index (χ2v) is 9.26. The van der Waals surface area contributed by atoms with Gasteiger partial charge < -0.3 is 19.3 Å². The van der Waals surface area contributed by atoms with Gasteiger partial charge in [0.15, 0.2) is 0 Å². The highest BCUT2D eigenvalue weighted by molar-refractivity contribution is 5.89. The van der Waals surface area contributed by atoms with Crippen molar-refractivity contribution in [3.05, 3.63) is 76.5 Å². The van der Waals surface area contributed by atoms with Crippen LogP contribution < -0.4 is 9.47 Å². The van der Waals surface area contributed by atoms with E-state index in [2.05, 4.69) is 31.0 Å². The molecule has 0 atom stereocenters. The Balaban J connectivity index is 1.74. The number of benzene rings is 2. The Kier molecular flexibility index (Phi) is 8.52. The fourth-order valence-electron chi connectivity index (χ4n) is 3.69. The van der Waals surface area contributed by atoms with E-state index in [4.69, 9.17) is 14.2 Å². The molecule has 0 amide bonds. The SMILES string of the molecule is CCOC(=O)c1ccc(OCc2cccc(-c3cnc(OCCC(C)(C)O)c(C)c3C)c2C)cc1. The zero-order chi connectivity index (χ0) is 25.6. The zero-order valence-corrected chi connectivity index (χ0v) is 21.5. The van der Waals surface area contributed by atoms with Gasteiger partial charge in [0.1, 0.15) is 12.4 Å². The van der Waals surface area contributed by atoms with Crippen molar-refractivity contribution in [3.63, 3.8) is 0 Å². The molecule has 3 aromatic rings. The average Bonchev–Trinajstić information content (AvgIpc) is 2.81. The van der Waals surface area contributed by atoms with Gasteiger partial charge in [0.25, 0.3) is 0 Å². The maximum Gasteiger partial charge on any atom is 0.338 e. The van der Waals surface area contributed by atoms with Gasteiger partial charge in [0.2, 0.25) is 5.88 Å². The van der Waals surface area contributed by atoms with Gasteiger partial charge in [-0.1, -0.05) is 18.2 Å². The smallest absolute Gasteiger partial charge is 0.338 e. The Morgan fingerprint density at radius 3 is 2.31 bits per heavy atom. The predicted molar refractivity (Wildman–Crippen MR) is 137 cm³/mol. The number of rotatable bonds is 10. The van der Waals surface area contributed by atoms with Gasteiger partial charge in [-0.15, -0.1) is 0 Å². The standard InChI is InChI=1S/C29H35NO5/c1-7-33-28(31)22-11-13-24(14-12-22)35-18-23-9-8-10-25(21(23)4)26-17-30-27(20(3)19(26)2)34-16-15-29(5,6)32/h8-14,17,32H,7,15-16,18H2,1-6H3. The van der Waals surface area contributed by atoms with Crippen LogP contribution in [0.15, 0.2) is 48.7 Å². The second-order valence-electron chi connectivity index (χ2n) is 9.26. The average molecular weight is 478 g/mol. The minimum atomic E-state index is -0.772. The third kappa shape index (κ3) is 6.83. The molecule has 0 saturated heterocycles. The molecule has 0 aliphatic heterocycles. The first-order valence-electron chi connectivity index (χ1n) is 11.9. The second kappa shape index (κ2) is 11.4. The highest BCUT2D eigenvalue weighted by atomic mass is 16.5. The quantitative estimate of drug-likeness (QED) is 0.363. The summed E-state index contributed by atoms with van der Waals surface area (Å²) in [6.07, 6.45) is 2.38. The van der Waals surface area contributed by atoms with E-state index in [1.807, 2.05) is 19.2 Å². The number of esters is 1. The van der Waals surface area contributed by atoms with E-state index in [1.165, 1.54) is 0 Å². The van der Waals surface area contributed by atoms with Crippen molar-refractivity contribution in [1.82, 2.24) is 4.98 Å². The minimum absolute atomic E-state index is 0.337. The summed E-state index contributed by atoms with van der Waals surface area (Å²) in [5.74, 6) is 0.943. The van der Waals surface area contributed by atoms with E-state index in [-0.39, 0.29) is 5.97 Å². The molecule has 6 nitrogen and oxygen atoms in total. The summed E-state index contributed by atoms with van der Waals surface area (Å²) in [5.41, 5.74) is 6.16. The van der Waals surface area contributed by atoms with Crippen molar-refractivity contribution in [2.75, 3.05) is 13.2 Å². The maximum atomic E-state index is 11.8. The largest absolute Gasteiger partial charge is 0.489 e. The summed E-state index contributed by atoms with van der Waals surface area (Å²) in [6.45, 7) is 12.6. The van der Waals surface area contributed by atoms with Crippen LogP contribution in [0.3, 0.4) is 0 Å². The lowest BCUT2D eigenvalue weighted by atomic mass is 9.93. The van der Waals surface area contributed by atoms with Crippen LogP contribution in [0.25, 0.3) is 11.1 Å². The number of aliphatic hydroxyl groups is 1. The van der Waals surface area contributed by atoms with E-state index in [1.54, 1.807) is 45.0 Å². The Labute approximate surface area is 207 Å². The van der Waals surface area contributed by atoms with Crippen molar-refractivity contribution in [3.8, 4) is 22.8 Å². The highest BCUT2D eigenvalue weighted by Gasteiger charge is 2.16. The fraction of sp³-hybridized carbons (Fsp3) is 0.379. The molecule has 0 bridgehead atoms. The van der Waals surface area contributed by atoms with Crippen LogP contribution in [-0.4, -0.2) is 34.9 Å². The monoisotopic (exact) mass is 477 g/mol. The van der Waals surface area contributed by atoms with Crippen LogP contribution in [-0.2, 0) is 11.3 Å². The molecule has 1 heterocycles. The third-order valence-corrected chi connectivity index (χ3v) is 6.05. The Bertz CT molecular complexity index is 1160. The number of aromatic nitrogens is 1. The number of nitrogens with zero attached hydrogens (tertiary/aromatic N) is 1. The van der Waals surface area contributed by atoms with Gasteiger partial charge in [-0.2, -0.15) is 0 Å². The molecule has 1 N–H and O–H groups in total. The van der Waals surface area contributed by atoms with Crippen LogP contribution in [0.2, 0.25) is 0 Å². The Hall–Kier alpha value is -3.38. The lowest BCUT2D eigenvalue weighted by Gasteiger charge is -2.19. The molecule has 35 heavy (non-hydrogen) atoms. The van der Waals surface area contributed by atoms with Crippen molar-refractivity contribution in [2.24, 2.45) is 0 Å². The molecule has 2 aromatic carbocycles. The lowest BCUT2D eigenvalue weighted by molar-refractivity contribution is 0.0523. The summed E-state index contributed by atoms with van der Waals surface area (Å²) in [5, 5.41) is 9.91. The van der Waals surface area contributed by atoms with E-state index < -0.39 is 5.60 Å². The number of hydrogen-bond acceptors (Lipinski definition) is 6. The third-order valence-electron chi connectivity index (χ3n) is 6.05. The van der Waals surface area contributed by atoms with Crippen molar-refractivity contribution >= 4 is 5.97 Å². The number of hydrogen-bond donors (Lipinski definition) is 1. The molecule has 1 aromatic heterocycles. The minimum Gasteiger partial charge on any atom is -0.489 e. The Morgan fingerprint density at radius 2 is 1.66 bits per heavy atom. The molecular formula is C29H35NO5. The fourth-order valence-corrected chi connectivity index (χ4v) is 3.69. The molecule has 3 rings (SSSR count). The molecular weight excluding hydrogens is 442 g/mol. The number of carbonyl (C=O) groups excluding carboxylic acids is 1. The highest BCUT2D eigenvalue weighted by Crippen LogP contribution is 2.33. The number of carbonyl (C=O) groups is 1. The first-order valence-corrected chi connectivity index (χ1v) is 11.9. The molecule has 0 unspecified atom stereocenters. The summed E-state index contributed by atoms with van der Waals surface area (Å²) in [6, 6.07) is 13.1. The van der Waals surface area contributed by atoms with Crippen LogP contribution >= 0.6 is 0 Å². The number of ether oxygens (including phenoxy) is 3. The van der Waals surface area contributed by atoms with Gasteiger partial charge >= 0.3 is 5.97 Å². The Morgan fingerprint density at radius 1 is 0.943 bits per heavy atom.